The van der Waals surface area contributed by atoms with Gasteiger partial charge in [-0.15, -0.1) is 0 Å². The van der Waals surface area contributed by atoms with E-state index in [4.69, 9.17) is 11.0 Å². The molecule has 0 unspecified atom stereocenters. The zero-order valence-electron chi connectivity index (χ0n) is 19.0. The predicted molar refractivity (Wildman–Crippen MR) is 132 cm³/mol. The fraction of sp³-hybridized carbons (Fsp3) is 0.192. The van der Waals surface area contributed by atoms with Crippen molar-refractivity contribution in [2.24, 2.45) is 11.7 Å². The van der Waals surface area contributed by atoms with Gasteiger partial charge in [-0.1, -0.05) is 12.1 Å². The van der Waals surface area contributed by atoms with Gasteiger partial charge in [-0.25, -0.2) is 9.97 Å². The summed E-state index contributed by atoms with van der Waals surface area (Å²) in [6.07, 6.45) is 6.93. The standard InChI is InChI=1S/C26H23N7O2/c1-32(20-10-2-16(12-27)3-11-20)26(35)21-15-33-22(13-30-23(33)14-29-21)17-6-8-19(9-7-17)31-25(34)24(28)18-4-5-18/h2-3,6-11,13-15,18,24H,4-5,28H2,1H3,(H,31,34)/t24-/m1/s1. The number of hydrogen-bond donors (Lipinski definition) is 2. The average Bonchev–Trinajstić information content (AvgIpc) is 3.66. The Balaban J connectivity index is 1.37. The van der Waals surface area contributed by atoms with Crippen LogP contribution in [0.3, 0.4) is 0 Å². The Hall–Kier alpha value is -4.55. The second-order valence-electron chi connectivity index (χ2n) is 8.60. The summed E-state index contributed by atoms with van der Waals surface area (Å²) in [6, 6.07) is 15.8. The first-order valence-corrected chi connectivity index (χ1v) is 11.2. The molecule has 2 heterocycles. The Morgan fingerprint density at radius 2 is 1.83 bits per heavy atom. The quantitative estimate of drug-likeness (QED) is 0.450. The molecule has 4 aromatic rings. The normalized spacial score (nSPS) is 13.7. The third-order valence-electron chi connectivity index (χ3n) is 6.18. The number of nitriles is 1. The predicted octanol–water partition coefficient (Wildman–Crippen LogP) is 3.22. The molecule has 0 radical (unpaired) electrons. The van der Waals surface area contributed by atoms with Crippen LogP contribution in [0, 0.1) is 17.2 Å². The van der Waals surface area contributed by atoms with Crippen molar-refractivity contribution >= 4 is 28.8 Å². The third kappa shape index (κ3) is 4.47. The molecule has 2 aromatic heterocycles. The van der Waals surface area contributed by atoms with E-state index in [0.717, 1.165) is 24.1 Å². The maximum Gasteiger partial charge on any atom is 0.278 e. The number of fused-ring (bicyclic) bond motifs is 1. The molecular weight excluding hydrogens is 442 g/mol. The van der Waals surface area contributed by atoms with Crippen molar-refractivity contribution in [2.75, 3.05) is 17.3 Å². The number of hydrogen-bond acceptors (Lipinski definition) is 6. The molecule has 0 bridgehead atoms. The van der Waals surface area contributed by atoms with E-state index in [1.807, 2.05) is 28.7 Å². The van der Waals surface area contributed by atoms with E-state index >= 15 is 0 Å². The summed E-state index contributed by atoms with van der Waals surface area (Å²) in [6.45, 7) is 0. The van der Waals surface area contributed by atoms with Crippen LogP contribution < -0.4 is 16.0 Å². The number of imidazole rings is 1. The van der Waals surface area contributed by atoms with Crippen LogP contribution in [0.15, 0.2) is 67.1 Å². The Labute approximate surface area is 201 Å². The molecule has 5 rings (SSSR count). The Morgan fingerprint density at radius 1 is 1.11 bits per heavy atom. The summed E-state index contributed by atoms with van der Waals surface area (Å²) in [5.41, 5.74) is 10.3. The number of carbonyl (C=O) groups is 2. The minimum absolute atomic E-state index is 0.171. The fourth-order valence-corrected chi connectivity index (χ4v) is 3.88. The molecule has 35 heavy (non-hydrogen) atoms. The first-order chi connectivity index (χ1) is 16.9. The summed E-state index contributed by atoms with van der Waals surface area (Å²) < 4.78 is 1.81. The number of nitrogens with two attached hydrogens (primary N) is 1. The SMILES string of the molecule is CN(C(=O)c1cn2c(-c3ccc(NC(=O)[C@H](N)C4CC4)cc3)cnc2cn1)c1ccc(C#N)cc1. The van der Waals surface area contributed by atoms with Crippen LogP contribution in [0.25, 0.3) is 16.9 Å². The van der Waals surface area contributed by atoms with E-state index in [-0.39, 0.29) is 23.4 Å². The van der Waals surface area contributed by atoms with Gasteiger partial charge in [0, 0.05) is 30.2 Å². The molecule has 3 N–H and O–H groups in total. The Kier molecular flexibility index (Phi) is 5.73. The molecule has 0 saturated heterocycles. The number of nitrogens with zero attached hydrogens (tertiary/aromatic N) is 5. The molecule has 1 fully saturated rings. The van der Waals surface area contributed by atoms with E-state index in [9.17, 15) is 9.59 Å². The largest absolute Gasteiger partial charge is 0.325 e. The lowest BCUT2D eigenvalue weighted by Crippen LogP contribution is -2.37. The van der Waals surface area contributed by atoms with E-state index in [1.54, 1.807) is 49.9 Å². The first kappa shape index (κ1) is 22.3. The first-order valence-electron chi connectivity index (χ1n) is 11.2. The molecule has 1 atom stereocenters. The number of anilines is 2. The van der Waals surface area contributed by atoms with Gasteiger partial charge < -0.3 is 16.0 Å². The second kappa shape index (κ2) is 9.00. The van der Waals surface area contributed by atoms with E-state index in [2.05, 4.69) is 21.4 Å². The number of amides is 2. The highest BCUT2D eigenvalue weighted by atomic mass is 16.2. The number of carbonyl (C=O) groups excluding carboxylic acids is 2. The highest BCUT2D eigenvalue weighted by Gasteiger charge is 2.33. The lowest BCUT2D eigenvalue weighted by molar-refractivity contribution is -0.117. The maximum atomic E-state index is 13.1. The van der Waals surface area contributed by atoms with Gasteiger partial charge in [0.1, 0.15) is 5.69 Å². The van der Waals surface area contributed by atoms with E-state index in [0.29, 0.717) is 22.6 Å². The highest BCUT2D eigenvalue weighted by molar-refractivity contribution is 6.04. The monoisotopic (exact) mass is 465 g/mol. The van der Waals surface area contributed by atoms with Gasteiger partial charge >= 0.3 is 0 Å². The van der Waals surface area contributed by atoms with Gasteiger partial charge in [0.05, 0.1) is 35.8 Å². The van der Waals surface area contributed by atoms with Crippen molar-refractivity contribution in [1.29, 1.82) is 5.26 Å². The van der Waals surface area contributed by atoms with E-state index < -0.39 is 6.04 Å². The summed E-state index contributed by atoms with van der Waals surface area (Å²) in [5, 5.41) is 11.8. The summed E-state index contributed by atoms with van der Waals surface area (Å²) in [4.78, 5) is 35.5. The van der Waals surface area contributed by atoms with Crippen LogP contribution in [0.2, 0.25) is 0 Å². The van der Waals surface area contributed by atoms with Gasteiger partial charge in [-0.2, -0.15) is 5.26 Å². The molecule has 9 nitrogen and oxygen atoms in total. The van der Waals surface area contributed by atoms with Crippen molar-refractivity contribution in [3.05, 3.63) is 78.4 Å². The maximum absolute atomic E-state index is 13.1. The van der Waals surface area contributed by atoms with Crippen molar-refractivity contribution in [3.8, 4) is 17.3 Å². The van der Waals surface area contributed by atoms with Crippen molar-refractivity contribution in [3.63, 3.8) is 0 Å². The number of rotatable bonds is 6. The molecule has 9 heteroatoms. The minimum atomic E-state index is -0.473. The Bertz CT molecular complexity index is 1450. The summed E-state index contributed by atoms with van der Waals surface area (Å²) >= 11 is 0. The van der Waals surface area contributed by atoms with Crippen LogP contribution in [-0.2, 0) is 4.79 Å². The number of benzene rings is 2. The van der Waals surface area contributed by atoms with Crippen LogP contribution in [0.5, 0.6) is 0 Å². The average molecular weight is 466 g/mol. The number of aromatic nitrogens is 3. The second-order valence-corrected chi connectivity index (χ2v) is 8.60. The zero-order valence-corrected chi connectivity index (χ0v) is 19.0. The molecule has 2 amide bonds. The summed E-state index contributed by atoms with van der Waals surface area (Å²) in [5.74, 6) is -0.175. The molecule has 2 aromatic carbocycles. The van der Waals surface area contributed by atoms with Crippen molar-refractivity contribution < 1.29 is 9.59 Å². The minimum Gasteiger partial charge on any atom is -0.325 e. The smallest absolute Gasteiger partial charge is 0.278 e. The van der Waals surface area contributed by atoms with Crippen LogP contribution >= 0.6 is 0 Å². The van der Waals surface area contributed by atoms with Crippen molar-refractivity contribution in [1.82, 2.24) is 14.4 Å². The van der Waals surface area contributed by atoms with Gasteiger partial charge in [-0.3, -0.25) is 14.0 Å². The lowest BCUT2D eigenvalue weighted by atomic mass is 10.1. The van der Waals surface area contributed by atoms with Crippen LogP contribution in [0.1, 0.15) is 28.9 Å². The molecule has 1 saturated carbocycles. The van der Waals surface area contributed by atoms with Gasteiger partial charge in [0.25, 0.3) is 5.91 Å². The van der Waals surface area contributed by atoms with Gasteiger partial charge in [0.2, 0.25) is 5.91 Å². The third-order valence-corrected chi connectivity index (χ3v) is 6.18. The number of nitrogens with one attached hydrogen (secondary N) is 1. The Morgan fingerprint density at radius 3 is 2.49 bits per heavy atom. The van der Waals surface area contributed by atoms with Gasteiger partial charge in [0.15, 0.2) is 5.65 Å². The summed E-state index contributed by atoms with van der Waals surface area (Å²) in [7, 11) is 1.66. The fourth-order valence-electron chi connectivity index (χ4n) is 3.88. The highest BCUT2D eigenvalue weighted by Crippen LogP contribution is 2.32. The molecule has 1 aliphatic rings. The molecule has 174 valence electrons. The molecular formula is C26H23N7O2. The van der Waals surface area contributed by atoms with Crippen LogP contribution in [-0.4, -0.2) is 39.3 Å². The lowest BCUT2D eigenvalue weighted by Gasteiger charge is -2.17. The van der Waals surface area contributed by atoms with E-state index in [1.165, 1.54) is 4.90 Å². The molecule has 0 aliphatic heterocycles. The molecule has 1 aliphatic carbocycles. The van der Waals surface area contributed by atoms with Gasteiger partial charge in [-0.05, 0) is 55.2 Å². The molecule has 0 spiro atoms. The van der Waals surface area contributed by atoms with Crippen LogP contribution in [0.4, 0.5) is 11.4 Å². The topological polar surface area (TPSA) is 129 Å². The zero-order chi connectivity index (χ0) is 24.5. The van der Waals surface area contributed by atoms with Crippen molar-refractivity contribution in [2.45, 2.75) is 18.9 Å².